The van der Waals surface area contributed by atoms with Crippen LogP contribution in [0.5, 0.6) is 0 Å². The molecule has 1 aromatic rings. The number of carbonyl (C=O) groups excluding carboxylic acids is 1. The van der Waals surface area contributed by atoms with Gasteiger partial charge in [-0.2, -0.15) is 4.31 Å². The lowest BCUT2D eigenvalue weighted by atomic mass is 10.0. The number of nitrogens with zero attached hydrogens (tertiary/aromatic N) is 1. The third-order valence-corrected chi connectivity index (χ3v) is 5.99. The Morgan fingerprint density at radius 1 is 1.30 bits per heavy atom. The average Bonchev–Trinajstić information content (AvgIpc) is 2.51. The zero-order chi connectivity index (χ0) is 17.6. The fourth-order valence-corrected chi connectivity index (χ4v) is 3.82. The van der Waals surface area contributed by atoms with Gasteiger partial charge in [0.1, 0.15) is 11.3 Å². The Morgan fingerprint density at radius 2 is 1.87 bits per heavy atom. The van der Waals surface area contributed by atoms with E-state index in [0.29, 0.717) is 6.42 Å². The smallest absolute Gasteiger partial charge is 0.324 e. The first kappa shape index (κ1) is 20.4. The van der Waals surface area contributed by atoms with Gasteiger partial charge in [-0.3, -0.25) is 4.79 Å². The monoisotopic (exact) mass is 425 g/mol. The first-order valence-electron chi connectivity index (χ1n) is 7.09. The van der Waals surface area contributed by atoms with Crippen LogP contribution in [0.15, 0.2) is 28.7 Å². The summed E-state index contributed by atoms with van der Waals surface area (Å²) in [7, 11) is -2.53. The maximum absolute atomic E-state index is 12.4. The van der Waals surface area contributed by atoms with Gasteiger partial charge in [0.15, 0.2) is 0 Å². The number of hydrogen-bond acceptors (Lipinski definition) is 4. The molecule has 0 saturated heterocycles. The average molecular weight is 427 g/mol. The van der Waals surface area contributed by atoms with Gasteiger partial charge in [0.2, 0.25) is 10.0 Å². The number of methoxy groups -OCH3 is 1. The van der Waals surface area contributed by atoms with Gasteiger partial charge in [-0.25, -0.2) is 8.42 Å². The minimum absolute atomic E-state index is 0.0643. The summed E-state index contributed by atoms with van der Waals surface area (Å²) in [5.41, 5.74) is 0.763. The Kier molecular flexibility index (Phi) is 8.00. The number of rotatable bonds is 8. The molecule has 0 N–H and O–H groups in total. The Morgan fingerprint density at radius 3 is 2.30 bits per heavy atom. The SMILES string of the molecule is COC(=O)C(CC(C)C)N(Cc1ccc(Br)cc1)S(=O)(=O)CCl. The number of hydrogen-bond donors (Lipinski definition) is 0. The molecule has 130 valence electrons. The molecular formula is C15H21BrClNO4S. The summed E-state index contributed by atoms with van der Waals surface area (Å²) in [6.07, 6.45) is 0.360. The molecule has 0 fully saturated rings. The molecule has 0 spiro atoms. The molecule has 23 heavy (non-hydrogen) atoms. The Labute approximate surface area is 151 Å². The minimum Gasteiger partial charge on any atom is -0.468 e. The summed E-state index contributed by atoms with van der Waals surface area (Å²) in [6, 6.07) is 6.33. The van der Waals surface area contributed by atoms with Crippen molar-refractivity contribution in [3.63, 3.8) is 0 Å². The van der Waals surface area contributed by atoms with Gasteiger partial charge in [-0.15, -0.1) is 11.6 Å². The van der Waals surface area contributed by atoms with Crippen LogP contribution >= 0.6 is 27.5 Å². The Hall–Kier alpha value is -0.630. The van der Waals surface area contributed by atoms with E-state index in [1.165, 1.54) is 7.11 Å². The lowest BCUT2D eigenvalue weighted by Gasteiger charge is -2.29. The Bertz CT molecular complexity index is 619. The van der Waals surface area contributed by atoms with Crippen LogP contribution in [0.1, 0.15) is 25.8 Å². The summed E-state index contributed by atoms with van der Waals surface area (Å²) < 4.78 is 31.6. The third-order valence-electron chi connectivity index (χ3n) is 3.26. The molecule has 0 aliphatic rings. The van der Waals surface area contributed by atoms with Gasteiger partial charge in [-0.05, 0) is 30.0 Å². The van der Waals surface area contributed by atoms with Gasteiger partial charge in [-0.1, -0.05) is 41.9 Å². The van der Waals surface area contributed by atoms with E-state index >= 15 is 0 Å². The molecule has 1 atom stereocenters. The van der Waals surface area contributed by atoms with E-state index in [9.17, 15) is 13.2 Å². The second-order valence-electron chi connectivity index (χ2n) is 5.56. The highest BCUT2D eigenvalue weighted by molar-refractivity contribution is 9.10. The number of esters is 1. The van der Waals surface area contributed by atoms with Crippen molar-refractivity contribution in [2.24, 2.45) is 5.92 Å². The fourth-order valence-electron chi connectivity index (χ4n) is 2.15. The number of sulfonamides is 1. The molecule has 1 rings (SSSR count). The highest BCUT2D eigenvalue weighted by Gasteiger charge is 2.35. The molecule has 0 saturated carbocycles. The van der Waals surface area contributed by atoms with Gasteiger partial charge in [0, 0.05) is 11.0 Å². The second-order valence-corrected chi connectivity index (χ2v) is 8.98. The number of benzene rings is 1. The van der Waals surface area contributed by atoms with Crippen LogP contribution in [-0.2, 0) is 26.1 Å². The zero-order valence-electron chi connectivity index (χ0n) is 13.3. The quantitative estimate of drug-likeness (QED) is 0.472. The molecule has 0 bridgehead atoms. The summed E-state index contributed by atoms with van der Waals surface area (Å²) in [6.45, 7) is 3.90. The Balaban J connectivity index is 3.21. The highest BCUT2D eigenvalue weighted by atomic mass is 79.9. The number of alkyl halides is 1. The van der Waals surface area contributed by atoms with Crippen LogP contribution in [0.3, 0.4) is 0 Å². The van der Waals surface area contributed by atoms with Crippen molar-refractivity contribution < 1.29 is 17.9 Å². The molecule has 0 radical (unpaired) electrons. The highest BCUT2D eigenvalue weighted by Crippen LogP contribution is 2.22. The molecular weight excluding hydrogens is 406 g/mol. The number of carbonyl (C=O) groups is 1. The second kappa shape index (κ2) is 9.01. The van der Waals surface area contributed by atoms with E-state index in [-0.39, 0.29) is 12.5 Å². The molecule has 0 aliphatic heterocycles. The molecule has 8 heteroatoms. The van der Waals surface area contributed by atoms with Gasteiger partial charge in [0.05, 0.1) is 7.11 Å². The molecule has 0 aliphatic carbocycles. The molecule has 5 nitrogen and oxygen atoms in total. The summed E-state index contributed by atoms with van der Waals surface area (Å²) in [5.74, 6) is -0.457. The molecule has 0 amide bonds. The predicted octanol–water partition coefficient (Wildman–Crippen LogP) is 3.36. The van der Waals surface area contributed by atoms with Crippen molar-refractivity contribution in [1.29, 1.82) is 0 Å². The summed E-state index contributed by atoms with van der Waals surface area (Å²) >= 11 is 8.95. The van der Waals surface area contributed by atoms with Crippen LogP contribution in [0.2, 0.25) is 0 Å². The maximum Gasteiger partial charge on any atom is 0.324 e. The molecule has 1 aromatic carbocycles. The zero-order valence-corrected chi connectivity index (χ0v) is 16.5. The maximum atomic E-state index is 12.4. The van der Waals surface area contributed by atoms with Crippen molar-refractivity contribution in [2.75, 3.05) is 12.3 Å². The van der Waals surface area contributed by atoms with Crippen LogP contribution in [-0.4, -0.2) is 37.1 Å². The van der Waals surface area contributed by atoms with Crippen LogP contribution in [0, 0.1) is 5.92 Å². The van der Waals surface area contributed by atoms with Crippen molar-refractivity contribution in [2.45, 2.75) is 32.9 Å². The van der Waals surface area contributed by atoms with Crippen LogP contribution < -0.4 is 0 Å². The van der Waals surface area contributed by atoms with E-state index in [1.807, 2.05) is 26.0 Å². The first-order chi connectivity index (χ1) is 10.7. The predicted molar refractivity (Wildman–Crippen MR) is 94.6 cm³/mol. The van der Waals surface area contributed by atoms with Crippen LogP contribution in [0.25, 0.3) is 0 Å². The minimum atomic E-state index is -3.78. The first-order valence-corrected chi connectivity index (χ1v) is 10.0. The molecule has 1 unspecified atom stereocenters. The van der Waals surface area contributed by atoms with Crippen molar-refractivity contribution in [3.05, 3.63) is 34.3 Å². The van der Waals surface area contributed by atoms with Crippen molar-refractivity contribution in [3.8, 4) is 0 Å². The van der Waals surface area contributed by atoms with E-state index in [4.69, 9.17) is 16.3 Å². The van der Waals surface area contributed by atoms with Crippen molar-refractivity contribution >= 4 is 43.5 Å². The summed E-state index contributed by atoms with van der Waals surface area (Å²) in [5, 5.41) is -0.588. The largest absolute Gasteiger partial charge is 0.468 e. The lowest BCUT2D eigenvalue weighted by Crippen LogP contribution is -2.46. The molecule has 0 heterocycles. The van der Waals surface area contributed by atoms with Gasteiger partial charge in [0.25, 0.3) is 0 Å². The standard InChI is InChI=1S/C15H21BrClNO4S/c1-11(2)8-14(15(19)22-3)18(23(20,21)10-17)9-12-4-6-13(16)7-5-12/h4-7,11,14H,8-10H2,1-3H3. The normalized spacial score (nSPS) is 13.3. The van der Waals surface area contributed by atoms with Crippen molar-refractivity contribution in [1.82, 2.24) is 4.31 Å². The topological polar surface area (TPSA) is 63.7 Å². The lowest BCUT2D eigenvalue weighted by molar-refractivity contribution is -0.145. The molecule has 0 aromatic heterocycles. The van der Waals surface area contributed by atoms with Gasteiger partial charge >= 0.3 is 5.97 Å². The van der Waals surface area contributed by atoms with Gasteiger partial charge < -0.3 is 4.74 Å². The fraction of sp³-hybridized carbons (Fsp3) is 0.533. The van der Waals surface area contributed by atoms with E-state index in [1.54, 1.807) is 12.1 Å². The number of ether oxygens (including phenoxy) is 1. The van der Waals surface area contributed by atoms with Crippen LogP contribution in [0.4, 0.5) is 0 Å². The summed E-state index contributed by atoms with van der Waals surface area (Å²) in [4.78, 5) is 12.1. The third kappa shape index (κ3) is 6.06. The van der Waals surface area contributed by atoms with E-state index in [2.05, 4.69) is 15.9 Å². The number of halogens is 2. The van der Waals surface area contributed by atoms with E-state index in [0.717, 1.165) is 14.3 Å². The van der Waals surface area contributed by atoms with E-state index < -0.39 is 27.2 Å².